The van der Waals surface area contributed by atoms with E-state index in [2.05, 4.69) is 6.58 Å². The lowest BCUT2D eigenvalue weighted by molar-refractivity contribution is -0.137. The van der Waals surface area contributed by atoms with Crippen molar-refractivity contribution in [1.82, 2.24) is 0 Å². The van der Waals surface area contributed by atoms with Gasteiger partial charge in [-0.1, -0.05) is 6.58 Å². The van der Waals surface area contributed by atoms with E-state index in [1.165, 1.54) is 60.7 Å². The Balaban J connectivity index is 1.46. The zero-order valence-corrected chi connectivity index (χ0v) is 21.6. The first-order chi connectivity index (χ1) is 19.3. The third-order valence-corrected chi connectivity index (χ3v) is 5.27. The van der Waals surface area contributed by atoms with Crippen LogP contribution >= 0.6 is 0 Å². The van der Waals surface area contributed by atoms with E-state index in [9.17, 15) is 19.2 Å². The van der Waals surface area contributed by atoms with Gasteiger partial charge < -0.3 is 23.7 Å². The number of rotatable bonds is 11. The second-order valence-electron chi connectivity index (χ2n) is 8.20. The Hall–Kier alpha value is -5.43. The fourth-order valence-electron chi connectivity index (χ4n) is 3.18. The van der Waals surface area contributed by atoms with Gasteiger partial charge >= 0.3 is 24.1 Å². The standard InChI is InChI=1S/C30H25NO9/c1-3-27(32)36-16-4-5-17-37-30(35)39-24-12-10-23(11-13-24)28(33)38-25-14-15-26(20(2)18-25)40-29(34)22-8-6-21(19-31)7-9-22/h3,6-15,18H,1,4-5,16-17H2,2H3. The number of carbonyl (C=O) groups excluding carboxylic acids is 4. The molecule has 0 aliphatic carbocycles. The van der Waals surface area contributed by atoms with Crippen LogP contribution in [0, 0.1) is 18.3 Å². The molecule has 0 aromatic heterocycles. The molecule has 0 N–H and O–H groups in total. The van der Waals surface area contributed by atoms with E-state index in [0.29, 0.717) is 35.3 Å². The maximum Gasteiger partial charge on any atom is 0.513 e. The Morgan fingerprint density at radius 2 is 1.35 bits per heavy atom. The fraction of sp³-hybridized carbons (Fsp3) is 0.167. The van der Waals surface area contributed by atoms with Crippen LogP contribution in [0.2, 0.25) is 0 Å². The molecule has 40 heavy (non-hydrogen) atoms. The Morgan fingerprint density at radius 1 is 0.775 bits per heavy atom. The maximum absolute atomic E-state index is 12.5. The van der Waals surface area contributed by atoms with E-state index >= 15 is 0 Å². The number of hydrogen-bond acceptors (Lipinski definition) is 10. The van der Waals surface area contributed by atoms with Crippen LogP contribution in [0.3, 0.4) is 0 Å². The first kappa shape index (κ1) is 29.1. The van der Waals surface area contributed by atoms with Crippen LogP contribution in [0.15, 0.2) is 79.4 Å². The number of ether oxygens (including phenoxy) is 5. The molecule has 0 unspecified atom stereocenters. The molecule has 0 spiro atoms. The molecule has 0 fully saturated rings. The van der Waals surface area contributed by atoms with Crippen molar-refractivity contribution in [2.75, 3.05) is 13.2 Å². The zero-order valence-electron chi connectivity index (χ0n) is 21.6. The lowest BCUT2D eigenvalue weighted by atomic mass is 10.1. The highest BCUT2D eigenvalue weighted by molar-refractivity contribution is 5.92. The molecule has 3 rings (SSSR count). The predicted molar refractivity (Wildman–Crippen MR) is 141 cm³/mol. The summed E-state index contributed by atoms with van der Waals surface area (Å²) < 4.78 is 25.7. The van der Waals surface area contributed by atoms with Gasteiger partial charge in [-0.25, -0.2) is 19.2 Å². The van der Waals surface area contributed by atoms with Gasteiger partial charge in [-0.3, -0.25) is 0 Å². The van der Waals surface area contributed by atoms with Crippen molar-refractivity contribution in [3.05, 3.63) is 102 Å². The first-order valence-corrected chi connectivity index (χ1v) is 12.1. The average molecular weight is 544 g/mol. The minimum atomic E-state index is -0.908. The smallest absolute Gasteiger partial charge is 0.463 e. The zero-order chi connectivity index (χ0) is 28.9. The minimum Gasteiger partial charge on any atom is -0.463 e. The quantitative estimate of drug-likeness (QED) is 0.103. The molecule has 10 nitrogen and oxygen atoms in total. The third kappa shape index (κ3) is 8.85. The number of aryl methyl sites for hydroxylation is 1. The number of benzene rings is 3. The molecular formula is C30H25NO9. The van der Waals surface area contributed by atoms with Crippen molar-refractivity contribution in [2.24, 2.45) is 0 Å². The van der Waals surface area contributed by atoms with E-state index in [-0.39, 0.29) is 30.3 Å². The van der Waals surface area contributed by atoms with Gasteiger partial charge in [0.1, 0.15) is 17.2 Å². The number of hydrogen-bond donors (Lipinski definition) is 0. The van der Waals surface area contributed by atoms with Crippen LogP contribution < -0.4 is 14.2 Å². The summed E-state index contributed by atoms with van der Waals surface area (Å²) in [6.45, 7) is 5.27. The summed E-state index contributed by atoms with van der Waals surface area (Å²) >= 11 is 0. The second kappa shape index (κ2) is 14.5. The predicted octanol–water partition coefficient (Wildman–Crippen LogP) is 5.33. The summed E-state index contributed by atoms with van der Waals surface area (Å²) in [7, 11) is 0. The van der Waals surface area contributed by atoms with Crippen molar-refractivity contribution >= 4 is 24.1 Å². The van der Waals surface area contributed by atoms with Gasteiger partial charge in [-0.2, -0.15) is 5.26 Å². The highest BCUT2D eigenvalue weighted by Gasteiger charge is 2.14. The highest BCUT2D eigenvalue weighted by Crippen LogP contribution is 2.25. The molecule has 0 saturated heterocycles. The molecule has 0 bridgehead atoms. The normalized spacial score (nSPS) is 10.0. The van der Waals surface area contributed by atoms with E-state index in [4.69, 9.17) is 28.9 Å². The summed E-state index contributed by atoms with van der Waals surface area (Å²) in [5.74, 6) is -1.04. The Bertz CT molecular complexity index is 1420. The molecule has 3 aromatic carbocycles. The van der Waals surface area contributed by atoms with Gasteiger partial charge in [0.2, 0.25) is 0 Å². The Kier molecular flexibility index (Phi) is 10.6. The molecule has 10 heteroatoms. The van der Waals surface area contributed by atoms with Gasteiger partial charge in [0.25, 0.3) is 0 Å². The lowest BCUT2D eigenvalue weighted by Crippen LogP contribution is -2.13. The molecule has 0 aliphatic heterocycles. The number of carbonyl (C=O) groups is 4. The number of esters is 3. The fourth-order valence-corrected chi connectivity index (χ4v) is 3.18. The number of unbranched alkanes of at least 4 members (excludes halogenated alkanes) is 1. The maximum atomic E-state index is 12.5. The van der Waals surface area contributed by atoms with Gasteiger partial charge in [0.15, 0.2) is 0 Å². The van der Waals surface area contributed by atoms with Gasteiger partial charge in [-0.05, 0) is 92.1 Å². The van der Waals surface area contributed by atoms with Crippen LogP contribution in [-0.2, 0) is 14.3 Å². The molecular weight excluding hydrogens is 518 g/mol. The Labute approximate surface area is 230 Å². The number of nitriles is 1. The summed E-state index contributed by atoms with van der Waals surface area (Å²) in [5, 5.41) is 8.87. The van der Waals surface area contributed by atoms with Crippen LogP contribution in [-0.4, -0.2) is 37.3 Å². The van der Waals surface area contributed by atoms with E-state index in [1.807, 2.05) is 6.07 Å². The third-order valence-electron chi connectivity index (χ3n) is 5.27. The summed E-state index contributed by atoms with van der Waals surface area (Å²) in [5.41, 5.74) is 1.49. The van der Waals surface area contributed by atoms with Crippen molar-refractivity contribution in [3.63, 3.8) is 0 Å². The van der Waals surface area contributed by atoms with Crippen LogP contribution in [0.4, 0.5) is 4.79 Å². The molecule has 0 radical (unpaired) electrons. The van der Waals surface area contributed by atoms with Gasteiger partial charge in [-0.15, -0.1) is 0 Å². The summed E-state index contributed by atoms with van der Waals surface area (Å²) in [4.78, 5) is 47.7. The number of nitrogens with zero attached hydrogens (tertiary/aromatic N) is 1. The summed E-state index contributed by atoms with van der Waals surface area (Å²) in [6, 6.07) is 18.3. The largest absolute Gasteiger partial charge is 0.513 e. The van der Waals surface area contributed by atoms with Crippen molar-refractivity contribution in [1.29, 1.82) is 5.26 Å². The van der Waals surface area contributed by atoms with E-state index in [1.54, 1.807) is 13.0 Å². The molecule has 0 heterocycles. The first-order valence-electron chi connectivity index (χ1n) is 12.1. The molecule has 3 aromatic rings. The van der Waals surface area contributed by atoms with Crippen molar-refractivity contribution in [3.8, 4) is 23.3 Å². The molecule has 0 aliphatic rings. The van der Waals surface area contributed by atoms with Crippen LogP contribution in [0.5, 0.6) is 17.2 Å². The SMILES string of the molecule is C=CC(=O)OCCCCOC(=O)Oc1ccc(C(=O)Oc2ccc(OC(=O)c3ccc(C#N)cc3)c(C)c2)cc1. The Morgan fingerprint density at radius 3 is 1.95 bits per heavy atom. The molecule has 0 amide bonds. The molecule has 204 valence electrons. The van der Waals surface area contributed by atoms with Crippen molar-refractivity contribution in [2.45, 2.75) is 19.8 Å². The van der Waals surface area contributed by atoms with Gasteiger partial charge in [0.05, 0.1) is 36.0 Å². The monoisotopic (exact) mass is 543 g/mol. The lowest BCUT2D eigenvalue weighted by Gasteiger charge is -2.10. The highest BCUT2D eigenvalue weighted by atomic mass is 16.7. The molecule has 0 saturated carbocycles. The summed E-state index contributed by atoms with van der Waals surface area (Å²) in [6.07, 6.45) is 1.15. The molecule has 0 atom stereocenters. The van der Waals surface area contributed by atoms with E-state index < -0.39 is 24.1 Å². The topological polar surface area (TPSA) is 138 Å². The van der Waals surface area contributed by atoms with Crippen LogP contribution in [0.25, 0.3) is 0 Å². The van der Waals surface area contributed by atoms with E-state index in [0.717, 1.165) is 6.08 Å². The minimum absolute atomic E-state index is 0.0850. The van der Waals surface area contributed by atoms with Crippen LogP contribution in [0.1, 0.15) is 44.7 Å². The average Bonchev–Trinajstić information content (AvgIpc) is 2.96. The van der Waals surface area contributed by atoms with Crippen molar-refractivity contribution < 1.29 is 42.9 Å². The second-order valence-corrected chi connectivity index (χ2v) is 8.20. The van der Waals surface area contributed by atoms with Gasteiger partial charge in [0, 0.05) is 6.08 Å².